The number of nitrogens with one attached hydrogen (secondary N) is 1. The lowest BCUT2D eigenvalue weighted by molar-refractivity contribution is 0.559. The summed E-state index contributed by atoms with van der Waals surface area (Å²) >= 11 is 5.31. The molecule has 1 unspecified atom stereocenters. The number of hydrogen-bond acceptors (Lipinski definition) is 3. The smallest absolute Gasteiger partial charge is 0.110 e. The Morgan fingerprint density at radius 1 is 1.60 bits per heavy atom. The van der Waals surface area contributed by atoms with Crippen molar-refractivity contribution in [3.63, 3.8) is 0 Å². The van der Waals surface area contributed by atoms with Crippen LogP contribution in [0.3, 0.4) is 0 Å². The van der Waals surface area contributed by atoms with E-state index in [-0.39, 0.29) is 0 Å². The normalized spacial score (nSPS) is 12.7. The maximum atomic E-state index is 4.32. The van der Waals surface area contributed by atoms with Gasteiger partial charge in [0.05, 0.1) is 0 Å². The zero-order chi connectivity index (χ0) is 11.1. The molecule has 0 aromatic carbocycles. The zero-order valence-electron chi connectivity index (χ0n) is 9.16. The second-order valence-electron chi connectivity index (χ2n) is 3.47. The van der Waals surface area contributed by atoms with Crippen molar-refractivity contribution in [2.24, 2.45) is 0 Å². The van der Waals surface area contributed by atoms with Crippen molar-refractivity contribution in [2.75, 3.05) is 12.8 Å². The molecule has 84 valence electrons. The van der Waals surface area contributed by atoms with E-state index < -0.39 is 0 Å². The van der Waals surface area contributed by atoms with Gasteiger partial charge in [0.1, 0.15) is 5.03 Å². The quantitative estimate of drug-likeness (QED) is 0.642. The average molecular weight is 289 g/mol. The van der Waals surface area contributed by atoms with Crippen LogP contribution >= 0.6 is 27.7 Å². The Labute approximate surface area is 104 Å². The van der Waals surface area contributed by atoms with Gasteiger partial charge in [-0.05, 0) is 60.6 Å². The van der Waals surface area contributed by atoms with Crippen molar-refractivity contribution in [1.29, 1.82) is 0 Å². The molecule has 0 bridgehead atoms. The van der Waals surface area contributed by atoms with Crippen molar-refractivity contribution in [2.45, 2.75) is 30.8 Å². The van der Waals surface area contributed by atoms with Gasteiger partial charge in [0, 0.05) is 16.7 Å². The molecule has 0 amide bonds. The molecule has 0 saturated heterocycles. The summed E-state index contributed by atoms with van der Waals surface area (Å²) < 4.78 is 1.09. The lowest BCUT2D eigenvalue weighted by Gasteiger charge is -2.09. The summed E-state index contributed by atoms with van der Waals surface area (Å²) in [6, 6.07) is 4.58. The number of hydrogen-bond donors (Lipinski definition) is 1. The standard InChI is InChI=1S/C11H17BrN2S/c1-9(13-2)5-4-8-15-11-10(12)6-3-7-14-11/h3,6-7,9,13H,4-5,8H2,1-2H3. The van der Waals surface area contributed by atoms with Gasteiger partial charge in [-0.1, -0.05) is 0 Å². The number of pyridine rings is 1. The van der Waals surface area contributed by atoms with E-state index in [1.165, 1.54) is 12.8 Å². The van der Waals surface area contributed by atoms with Gasteiger partial charge in [-0.2, -0.15) is 0 Å². The minimum absolute atomic E-state index is 0.609. The maximum absolute atomic E-state index is 4.32. The van der Waals surface area contributed by atoms with Crippen LogP contribution in [0.2, 0.25) is 0 Å². The lowest BCUT2D eigenvalue weighted by Crippen LogP contribution is -2.20. The molecule has 0 fully saturated rings. The second-order valence-corrected chi connectivity index (χ2v) is 5.41. The largest absolute Gasteiger partial charge is 0.317 e. The Balaban J connectivity index is 2.23. The first-order chi connectivity index (χ1) is 7.24. The predicted molar refractivity (Wildman–Crippen MR) is 70.4 cm³/mol. The van der Waals surface area contributed by atoms with Crippen molar-refractivity contribution in [3.8, 4) is 0 Å². The van der Waals surface area contributed by atoms with E-state index in [0.29, 0.717) is 6.04 Å². The van der Waals surface area contributed by atoms with Gasteiger partial charge in [0.25, 0.3) is 0 Å². The average Bonchev–Trinajstić information content (AvgIpc) is 2.26. The number of halogens is 1. The molecule has 0 spiro atoms. The molecular formula is C11H17BrN2S. The summed E-state index contributed by atoms with van der Waals surface area (Å²) in [6.07, 6.45) is 4.27. The van der Waals surface area contributed by atoms with Crippen LogP contribution in [0.5, 0.6) is 0 Å². The van der Waals surface area contributed by atoms with Crippen molar-refractivity contribution in [1.82, 2.24) is 10.3 Å². The van der Waals surface area contributed by atoms with E-state index in [9.17, 15) is 0 Å². The van der Waals surface area contributed by atoms with Crippen LogP contribution in [0.15, 0.2) is 27.8 Å². The van der Waals surface area contributed by atoms with Gasteiger partial charge in [-0.3, -0.25) is 0 Å². The molecule has 1 atom stereocenters. The second kappa shape index (κ2) is 7.25. The molecule has 1 aromatic rings. The number of aromatic nitrogens is 1. The summed E-state index contributed by atoms with van der Waals surface area (Å²) in [5, 5.41) is 4.33. The number of rotatable bonds is 6. The fourth-order valence-electron chi connectivity index (χ4n) is 1.18. The lowest BCUT2D eigenvalue weighted by atomic mass is 10.2. The molecule has 15 heavy (non-hydrogen) atoms. The van der Waals surface area contributed by atoms with E-state index >= 15 is 0 Å². The third-order valence-corrected chi connectivity index (χ3v) is 4.23. The Kier molecular flexibility index (Phi) is 6.29. The highest BCUT2D eigenvalue weighted by Crippen LogP contribution is 2.25. The molecule has 0 radical (unpaired) electrons. The molecule has 0 saturated carbocycles. The van der Waals surface area contributed by atoms with Crippen LogP contribution in [0.4, 0.5) is 0 Å². The highest BCUT2D eigenvalue weighted by molar-refractivity contribution is 9.10. The highest BCUT2D eigenvalue weighted by atomic mass is 79.9. The van der Waals surface area contributed by atoms with Crippen LogP contribution < -0.4 is 5.32 Å². The first kappa shape index (κ1) is 13.0. The summed E-state index contributed by atoms with van der Waals surface area (Å²) in [5.41, 5.74) is 0. The third kappa shape index (κ3) is 5.00. The van der Waals surface area contributed by atoms with E-state index in [1.54, 1.807) is 0 Å². The maximum Gasteiger partial charge on any atom is 0.110 e. The molecule has 1 N–H and O–H groups in total. The minimum Gasteiger partial charge on any atom is -0.317 e. The molecule has 0 aliphatic heterocycles. The first-order valence-electron chi connectivity index (χ1n) is 5.14. The Morgan fingerprint density at radius 3 is 3.07 bits per heavy atom. The summed E-state index contributed by atoms with van der Waals surface area (Å²) in [4.78, 5) is 4.32. The number of thioether (sulfide) groups is 1. The monoisotopic (exact) mass is 288 g/mol. The summed E-state index contributed by atoms with van der Waals surface area (Å²) in [5.74, 6) is 1.13. The number of nitrogens with zero attached hydrogens (tertiary/aromatic N) is 1. The Hall–Kier alpha value is -0.0600. The zero-order valence-corrected chi connectivity index (χ0v) is 11.6. The fraction of sp³-hybridized carbons (Fsp3) is 0.545. The van der Waals surface area contributed by atoms with Crippen LogP contribution in [-0.4, -0.2) is 23.8 Å². The summed E-state index contributed by atoms with van der Waals surface area (Å²) in [7, 11) is 2.01. The van der Waals surface area contributed by atoms with E-state index in [2.05, 4.69) is 33.2 Å². The molecule has 1 heterocycles. The van der Waals surface area contributed by atoms with E-state index in [1.807, 2.05) is 37.1 Å². The fourth-order valence-corrected chi connectivity index (χ4v) is 2.62. The molecule has 2 nitrogen and oxygen atoms in total. The Morgan fingerprint density at radius 2 is 2.40 bits per heavy atom. The first-order valence-corrected chi connectivity index (χ1v) is 6.92. The van der Waals surface area contributed by atoms with Crippen LogP contribution in [-0.2, 0) is 0 Å². The van der Waals surface area contributed by atoms with Gasteiger partial charge < -0.3 is 5.32 Å². The molecule has 0 aliphatic carbocycles. The molecular weight excluding hydrogens is 272 g/mol. The van der Waals surface area contributed by atoms with Crippen molar-refractivity contribution >= 4 is 27.7 Å². The van der Waals surface area contributed by atoms with Crippen LogP contribution in [0.1, 0.15) is 19.8 Å². The van der Waals surface area contributed by atoms with Crippen molar-refractivity contribution < 1.29 is 0 Å². The van der Waals surface area contributed by atoms with Crippen LogP contribution in [0.25, 0.3) is 0 Å². The highest BCUT2D eigenvalue weighted by Gasteiger charge is 2.02. The molecule has 4 heteroatoms. The Bertz CT molecular complexity index is 294. The topological polar surface area (TPSA) is 24.9 Å². The SMILES string of the molecule is CNC(C)CCCSc1ncccc1Br. The third-order valence-electron chi connectivity index (χ3n) is 2.24. The minimum atomic E-state index is 0.609. The van der Waals surface area contributed by atoms with Gasteiger partial charge in [-0.15, -0.1) is 11.8 Å². The van der Waals surface area contributed by atoms with Gasteiger partial charge >= 0.3 is 0 Å². The van der Waals surface area contributed by atoms with Gasteiger partial charge in [-0.25, -0.2) is 4.98 Å². The molecule has 1 aromatic heterocycles. The molecule has 1 rings (SSSR count). The van der Waals surface area contributed by atoms with E-state index in [0.717, 1.165) is 15.3 Å². The van der Waals surface area contributed by atoms with Gasteiger partial charge in [0.2, 0.25) is 0 Å². The van der Waals surface area contributed by atoms with Crippen molar-refractivity contribution in [3.05, 3.63) is 22.8 Å². The van der Waals surface area contributed by atoms with Gasteiger partial charge in [0.15, 0.2) is 0 Å². The molecule has 0 aliphatic rings. The van der Waals surface area contributed by atoms with Crippen LogP contribution in [0, 0.1) is 0 Å². The predicted octanol–water partition coefficient (Wildman–Crippen LogP) is 3.32. The van der Waals surface area contributed by atoms with E-state index in [4.69, 9.17) is 0 Å². The summed E-state index contributed by atoms with van der Waals surface area (Å²) in [6.45, 7) is 2.21.